The van der Waals surface area contributed by atoms with Gasteiger partial charge in [-0.15, -0.1) is 0 Å². The molecular formula is C9H10N4. The summed E-state index contributed by atoms with van der Waals surface area (Å²) in [5, 5.41) is 3.73. The van der Waals surface area contributed by atoms with Crippen LogP contribution in [0.5, 0.6) is 0 Å². The van der Waals surface area contributed by atoms with Crippen LogP contribution in [0.15, 0.2) is 30.8 Å². The molecule has 0 unspecified atom stereocenters. The fraction of sp³-hybridized carbons (Fsp3) is 0.111. The Balaban J connectivity index is 2.61. The topological polar surface area (TPSA) is 56.7 Å². The van der Waals surface area contributed by atoms with Crippen LogP contribution in [0.3, 0.4) is 0 Å². The van der Waals surface area contributed by atoms with Gasteiger partial charge in [0.1, 0.15) is 0 Å². The van der Waals surface area contributed by atoms with E-state index in [2.05, 4.69) is 10.1 Å². The Morgan fingerprint density at radius 2 is 2.54 bits per heavy atom. The molecule has 4 nitrogen and oxygen atoms in total. The van der Waals surface area contributed by atoms with Gasteiger partial charge in [0.2, 0.25) is 0 Å². The zero-order valence-corrected chi connectivity index (χ0v) is 6.65. The molecule has 4 heteroatoms. The molecule has 2 aromatic rings. The van der Waals surface area contributed by atoms with Crippen molar-refractivity contribution in [2.75, 3.05) is 5.73 Å². The van der Waals surface area contributed by atoms with Gasteiger partial charge in [0, 0.05) is 16.5 Å². The zero-order valence-electron chi connectivity index (χ0n) is 11.7. The molecule has 66 valence electrons. The summed E-state index contributed by atoms with van der Waals surface area (Å²) in [7, 11) is 0. The van der Waals surface area contributed by atoms with Gasteiger partial charge >= 0.3 is 0 Å². The fourth-order valence-electron chi connectivity index (χ4n) is 0.939. The summed E-state index contributed by atoms with van der Waals surface area (Å²) in [5.41, 5.74) is 5.89. The van der Waals surface area contributed by atoms with Gasteiger partial charge in [-0.2, -0.15) is 5.10 Å². The average Bonchev–Trinajstić information content (AvgIpc) is 2.53. The minimum absolute atomic E-state index is 0.351. The van der Waals surface area contributed by atoms with Crippen LogP contribution in [0.25, 0.3) is 5.69 Å². The lowest BCUT2D eigenvalue weighted by molar-refractivity contribution is 0.874. The van der Waals surface area contributed by atoms with Gasteiger partial charge in [-0.05, 0) is 18.5 Å². The van der Waals surface area contributed by atoms with Gasteiger partial charge in [-0.3, -0.25) is 4.98 Å². The van der Waals surface area contributed by atoms with Gasteiger partial charge in [-0.25, -0.2) is 4.68 Å². The predicted molar refractivity (Wildman–Crippen MR) is 50.5 cm³/mol. The number of nitrogen functional groups attached to an aromatic ring is 1. The molecule has 2 N–H and O–H groups in total. The Hall–Kier alpha value is -1.84. The quantitative estimate of drug-likeness (QED) is 0.714. The largest absolute Gasteiger partial charge is 0.397 e. The van der Waals surface area contributed by atoms with Gasteiger partial charge < -0.3 is 5.73 Å². The van der Waals surface area contributed by atoms with E-state index in [9.17, 15) is 0 Å². The van der Waals surface area contributed by atoms with Crippen molar-refractivity contribution in [3.8, 4) is 5.69 Å². The first-order valence-corrected chi connectivity index (χ1v) is 3.58. The second-order valence-electron chi connectivity index (χ2n) is 2.49. The highest BCUT2D eigenvalue weighted by Crippen LogP contribution is 2.09. The van der Waals surface area contributed by atoms with E-state index in [1.807, 2.05) is 0 Å². The molecule has 0 aliphatic heterocycles. The molecule has 0 bridgehead atoms. The Bertz CT molecular complexity index is 589. The molecule has 2 aromatic heterocycles. The molecule has 2 rings (SSSR count). The first-order chi connectivity index (χ1) is 8.30. The van der Waals surface area contributed by atoms with Gasteiger partial charge in [0.05, 0.1) is 26.5 Å². The Morgan fingerprint density at radius 1 is 1.62 bits per heavy atom. The molecule has 0 atom stereocenters. The molecule has 0 aliphatic carbocycles. The van der Waals surface area contributed by atoms with Gasteiger partial charge in [0.15, 0.2) is 0 Å². The number of hydrogen-bond donors (Lipinski definition) is 1. The van der Waals surface area contributed by atoms with E-state index in [4.69, 9.17) is 12.6 Å². The van der Waals surface area contributed by atoms with Crippen LogP contribution < -0.4 is 5.73 Å². The van der Waals surface area contributed by atoms with Crippen molar-refractivity contribution in [1.82, 2.24) is 14.8 Å². The van der Waals surface area contributed by atoms with E-state index in [1.165, 1.54) is 18.5 Å². The van der Waals surface area contributed by atoms with Crippen LogP contribution >= 0.6 is 0 Å². The summed E-state index contributed by atoms with van der Waals surface area (Å²) >= 11 is 0. The Morgan fingerprint density at radius 3 is 3.23 bits per heavy atom. The summed E-state index contributed by atoms with van der Waals surface area (Å²) in [6.07, 6.45) is 2.02. The van der Waals surface area contributed by atoms with Crippen LogP contribution in [-0.2, 0) is 0 Å². The van der Waals surface area contributed by atoms with Crippen LogP contribution in [0.2, 0.25) is 0 Å². The minimum atomic E-state index is -2.54. The first kappa shape index (κ1) is 3.91. The normalized spacial score (nSPS) is 16.8. The standard InChI is InChI=1S/C9H10N4/c1-7-3-12-13(6-7)9-2-8(10)4-11-5-9/h2-6H,10H2,1H3/i1D3,3D,6D. The highest BCUT2D eigenvalue weighted by atomic mass is 15.3. The number of anilines is 1. The third kappa shape index (κ3) is 1.51. The minimum Gasteiger partial charge on any atom is -0.397 e. The molecule has 0 spiro atoms. The first-order valence-electron chi connectivity index (χ1n) is 6.08. The number of nitrogens with two attached hydrogens (primary N) is 1. The smallest absolute Gasteiger partial charge is 0.0863 e. The van der Waals surface area contributed by atoms with E-state index in [1.54, 1.807) is 0 Å². The van der Waals surface area contributed by atoms with E-state index in [-0.39, 0.29) is 11.7 Å². The van der Waals surface area contributed by atoms with Crippen molar-refractivity contribution < 1.29 is 6.85 Å². The molecule has 2 heterocycles. The third-order valence-electron chi connectivity index (χ3n) is 1.47. The van der Waals surface area contributed by atoms with Crippen molar-refractivity contribution in [1.29, 1.82) is 0 Å². The van der Waals surface area contributed by atoms with Crippen LogP contribution in [0.4, 0.5) is 5.69 Å². The highest BCUT2D eigenvalue weighted by Gasteiger charge is 1.97. The molecular weight excluding hydrogens is 164 g/mol. The van der Waals surface area contributed by atoms with Crippen LogP contribution in [0.1, 0.15) is 12.4 Å². The molecule has 0 saturated carbocycles. The summed E-state index contributed by atoms with van der Waals surface area (Å²) in [6, 6.07) is 1.50. The van der Waals surface area contributed by atoms with Gasteiger partial charge in [0.25, 0.3) is 0 Å². The summed E-state index contributed by atoms with van der Waals surface area (Å²) in [6.45, 7) is -2.54. The number of nitrogens with zero attached hydrogens (tertiary/aromatic N) is 3. The van der Waals surface area contributed by atoms with E-state index >= 15 is 0 Å². The fourth-order valence-corrected chi connectivity index (χ4v) is 0.939. The second-order valence-corrected chi connectivity index (χ2v) is 2.49. The number of rotatable bonds is 1. The molecule has 0 aromatic carbocycles. The molecule has 0 radical (unpaired) electrons. The number of pyridine rings is 1. The summed E-state index contributed by atoms with van der Waals surface area (Å²) in [5.74, 6) is 0. The summed E-state index contributed by atoms with van der Waals surface area (Å²) < 4.78 is 38.2. The second kappa shape index (κ2) is 2.90. The molecule has 0 saturated heterocycles. The van der Waals surface area contributed by atoms with Crippen LogP contribution in [-0.4, -0.2) is 14.8 Å². The maximum atomic E-state index is 7.78. The lowest BCUT2D eigenvalue weighted by Gasteiger charge is -2.00. The SMILES string of the molecule is [2H]c1nn(-c2cncc(N)c2)c([2H])c1C([2H])([2H])[2H]. The third-order valence-corrected chi connectivity index (χ3v) is 1.47. The maximum Gasteiger partial charge on any atom is 0.0863 e. The number of hydrogen-bond acceptors (Lipinski definition) is 3. The van der Waals surface area contributed by atoms with Crippen molar-refractivity contribution in [2.45, 2.75) is 6.85 Å². The molecule has 0 fully saturated rings. The van der Waals surface area contributed by atoms with E-state index in [0.29, 0.717) is 11.4 Å². The highest BCUT2D eigenvalue weighted by molar-refractivity contribution is 5.43. The lowest BCUT2D eigenvalue weighted by Crippen LogP contribution is -1.96. The Labute approximate surface area is 83.0 Å². The summed E-state index contributed by atoms with van der Waals surface area (Å²) in [4.78, 5) is 3.83. The number of aromatic nitrogens is 3. The van der Waals surface area contributed by atoms with Gasteiger partial charge in [-0.1, -0.05) is 0 Å². The molecule has 0 amide bonds. The van der Waals surface area contributed by atoms with Crippen molar-refractivity contribution in [3.63, 3.8) is 0 Å². The van der Waals surface area contributed by atoms with Crippen molar-refractivity contribution in [3.05, 3.63) is 36.4 Å². The Kier molecular flexibility index (Phi) is 0.871. The van der Waals surface area contributed by atoms with E-state index < -0.39 is 13.0 Å². The zero-order chi connectivity index (χ0) is 13.5. The molecule has 13 heavy (non-hydrogen) atoms. The van der Waals surface area contributed by atoms with Crippen molar-refractivity contribution in [2.24, 2.45) is 0 Å². The maximum absolute atomic E-state index is 7.78. The van der Waals surface area contributed by atoms with Crippen molar-refractivity contribution >= 4 is 5.69 Å². The van der Waals surface area contributed by atoms with Crippen LogP contribution in [0, 0.1) is 6.85 Å². The predicted octanol–water partition coefficient (Wildman–Crippen LogP) is 1.16. The average molecular weight is 179 g/mol. The van der Waals surface area contributed by atoms with E-state index in [0.717, 1.165) is 4.68 Å². The lowest BCUT2D eigenvalue weighted by atomic mass is 10.4. The monoisotopic (exact) mass is 179 g/mol. The molecule has 0 aliphatic rings.